The van der Waals surface area contributed by atoms with Gasteiger partial charge < -0.3 is 14.2 Å². The Morgan fingerprint density at radius 3 is 2.45 bits per heavy atom. The number of fused-ring (bicyclic) bond motifs is 1. The van der Waals surface area contributed by atoms with E-state index < -0.39 is 5.91 Å². The maximum atomic E-state index is 12.9. The third-order valence-corrected chi connectivity index (χ3v) is 7.48. The van der Waals surface area contributed by atoms with Crippen LogP contribution in [0.5, 0.6) is 17.2 Å². The Morgan fingerprint density at radius 2 is 1.70 bits per heavy atom. The van der Waals surface area contributed by atoms with Crippen LogP contribution in [0.15, 0.2) is 70.3 Å². The lowest BCUT2D eigenvalue weighted by Gasteiger charge is -2.20. The van der Waals surface area contributed by atoms with E-state index >= 15 is 0 Å². The van der Waals surface area contributed by atoms with Crippen molar-refractivity contribution in [2.24, 2.45) is 10.1 Å². The van der Waals surface area contributed by atoms with E-state index in [4.69, 9.17) is 31.2 Å². The number of nitrogens with zero attached hydrogens (tertiary/aromatic N) is 3. The number of hydrogen-bond donors (Lipinski definition) is 1. The second-order valence-corrected chi connectivity index (χ2v) is 10.7. The first-order valence-electron chi connectivity index (χ1n) is 12.5. The molecule has 10 heteroatoms. The predicted molar refractivity (Wildman–Crippen MR) is 160 cm³/mol. The number of carbonyl (C=O) groups excluding carboxylic acids is 1. The van der Waals surface area contributed by atoms with Crippen LogP contribution in [-0.2, 0) is 4.79 Å². The zero-order valence-corrected chi connectivity index (χ0v) is 24.0. The Labute approximate surface area is 241 Å². The van der Waals surface area contributed by atoms with Crippen LogP contribution in [-0.4, -0.2) is 47.3 Å². The van der Waals surface area contributed by atoms with Crippen LogP contribution in [0.3, 0.4) is 0 Å². The molecule has 0 bridgehead atoms. The van der Waals surface area contributed by atoms with Gasteiger partial charge in [-0.1, -0.05) is 53.6 Å². The molecule has 40 heavy (non-hydrogen) atoms. The minimum atomic E-state index is -0.525. The quantitative estimate of drug-likeness (QED) is 0.247. The van der Waals surface area contributed by atoms with E-state index in [0.29, 0.717) is 38.9 Å². The van der Waals surface area contributed by atoms with Crippen molar-refractivity contribution in [3.63, 3.8) is 0 Å². The van der Waals surface area contributed by atoms with Crippen molar-refractivity contribution in [1.29, 1.82) is 5.41 Å². The van der Waals surface area contributed by atoms with E-state index in [2.05, 4.69) is 10.1 Å². The van der Waals surface area contributed by atoms with Crippen molar-refractivity contribution in [3.05, 3.63) is 93.0 Å². The summed E-state index contributed by atoms with van der Waals surface area (Å²) in [5, 5.41) is 15.9. The van der Waals surface area contributed by atoms with Crippen molar-refractivity contribution in [1.82, 2.24) is 5.01 Å². The average molecular weight is 575 g/mol. The summed E-state index contributed by atoms with van der Waals surface area (Å²) >= 11 is 7.81. The second kappa shape index (κ2) is 11.6. The molecule has 8 nitrogen and oxygen atoms in total. The number of ether oxygens (including phenoxy) is 3. The van der Waals surface area contributed by atoms with Gasteiger partial charge in [-0.15, -0.1) is 0 Å². The number of thioether (sulfide) groups is 1. The Balaban J connectivity index is 1.32. The molecule has 0 saturated carbocycles. The number of methoxy groups -OCH3 is 1. The number of amides is 1. The number of amidine groups is 2. The first-order valence-corrected chi connectivity index (χ1v) is 13.7. The third kappa shape index (κ3) is 5.76. The lowest BCUT2D eigenvalue weighted by atomic mass is 10.1. The van der Waals surface area contributed by atoms with Crippen molar-refractivity contribution in [2.45, 2.75) is 20.8 Å². The number of halogens is 1. The van der Waals surface area contributed by atoms with Crippen LogP contribution in [0.25, 0.3) is 6.08 Å². The zero-order chi connectivity index (χ0) is 28.4. The second-order valence-electron chi connectivity index (χ2n) is 9.29. The molecule has 0 aliphatic carbocycles. The van der Waals surface area contributed by atoms with Gasteiger partial charge in [0.05, 0.1) is 17.7 Å². The van der Waals surface area contributed by atoms with Crippen LogP contribution in [0.2, 0.25) is 5.02 Å². The summed E-state index contributed by atoms with van der Waals surface area (Å²) in [6.45, 7) is 6.58. The molecule has 0 radical (unpaired) electrons. The SMILES string of the molecule is COc1cc(C=C2C(=N)N3N=C(c4ccc(C)cc4)SC3=NC2=O)cc(Cl)c1OCCOc1cc(C)ccc1C. The van der Waals surface area contributed by atoms with Gasteiger partial charge in [-0.2, -0.15) is 15.1 Å². The highest BCUT2D eigenvalue weighted by Crippen LogP contribution is 2.38. The number of aryl methyl sites for hydroxylation is 3. The highest BCUT2D eigenvalue weighted by molar-refractivity contribution is 8.27. The van der Waals surface area contributed by atoms with E-state index in [1.165, 1.54) is 23.9 Å². The minimum Gasteiger partial charge on any atom is -0.493 e. The lowest BCUT2D eigenvalue weighted by Crippen LogP contribution is -2.35. The molecule has 3 aromatic rings. The van der Waals surface area contributed by atoms with E-state index in [1.807, 2.05) is 63.2 Å². The molecule has 0 aromatic heterocycles. The van der Waals surface area contributed by atoms with Crippen LogP contribution in [0.1, 0.15) is 27.8 Å². The number of hydrogen-bond acceptors (Lipinski definition) is 7. The number of carbonyl (C=O) groups is 1. The Hall–Kier alpha value is -4.08. The summed E-state index contributed by atoms with van der Waals surface area (Å²) in [5.74, 6) is 0.971. The lowest BCUT2D eigenvalue weighted by molar-refractivity contribution is -0.114. The Kier molecular flexibility index (Phi) is 7.95. The molecule has 0 fully saturated rings. The summed E-state index contributed by atoms with van der Waals surface area (Å²) in [6, 6.07) is 17.3. The third-order valence-electron chi connectivity index (χ3n) is 6.25. The summed E-state index contributed by atoms with van der Waals surface area (Å²) in [4.78, 5) is 17.1. The molecule has 204 valence electrons. The smallest absolute Gasteiger partial charge is 0.283 e. The molecular formula is C30H27ClN4O4S. The van der Waals surface area contributed by atoms with Crippen molar-refractivity contribution < 1.29 is 19.0 Å². The number of benzene rings is 3. The van der Waals surface area contributed by atoms with Crippen LogP contribution in [0, 0.1) is 26.2 Å². The molecular weight excluding hydrogens is 548 g/mol. The van der Waals surface area contributed by atoms with Gasteiger partial charge in [0.25, 0.3) is 5.91 Å². The van der Waals surface area contributed by atoms with Crippen LogP contribution in [0.4, 0.5) is 0 Å². The van der Waals surface area contributed by atoms with Crippen molar-refractivity contribution >= 4 is 51.4 Å². The van der Waals surface area contributed by atoms with E-state index in [9.17, 15) is 4.79 Å². The maximum absolute atomic E-state index is 12.9. The summed E-state index contributed by atoms with van der Waals surface area (Å²) < 4.78 is 17.3. The van der Waals surface area contributed by atoms with Gasteiger partial charge in [-0.05, 0) is 73.5 Å². The highest BCUT2D eigenvalue weighted by atomic mass is 35.5. The average Bonchev–Trinajstić information content (AvgIpc) is 3.36. The monoisotopic (exact) mass is 574 g/mol. The maximum Gasteiger partial charge on any atom is 0.283 e. The molecule has 0 unspecified atom stereocenters. The first kappa shape index (κ1) is 27.5. The molecule has 5 rings (SSSR count). The van der Waals surface area contributed by atoms with Gasteiger partial charge in [-0.25, -0.2) is 0 Å². The summed E-state index contributed by atoms with van der Waals surface area (Å²) in [6.07, 6.45) is 1.55. The van der Waals surface area contributed by atoms with Crippen LogP contribution < -0.4 is 14.2 Å². The normalized spacial score (nSPS) is 15.6. The van der Waals surface area contributed by atoms with E-state index in [1.54, 1.807) is 18.2 Å². The fourth-order valence-corrected chi connectivity index (χ4v) is 5.26. The Morgan fingerprint density at radius 1 is 0.975 bits per heavy atom. The fourth-order valence-electron chi connectivity index (χ4n) is 4.09. The summed E-state index contributed by atoms with van der Waals surface area (Å²) in [7, 11) is 1.51. The predicted octanol–water partition coefficient (Wildman–Crippen LogP) is 6.40. The van der Waals surface area contributed by atoms with E-state index in [-0.39, 0.29) is 18.0 Å². The summed E-state index contributed by atoms with van der Waals surface area (Å²) in [5.41, 5.74) is 4.83. The van der Waals surface area contributed by atoms with Gasteiger partial charge in [0.1, 0.15) is 24.0 Å². The minimum absolute atomic E-state index is 0.0661. The first-order chi connectivity index (χ1) is 19.2. The highest BCUT2D eigenvalue weighted by Gasteiger charge is 2.36. The standard InChI is InChI=1S/C30H27ClN4O4S/c1-17-6-9-21(10-7-17)29-34-35-27(32)22(28(36)33-30(35)40-29)14-20-15-23(31)26(25(16-20)37-4)39-12-11-38-24-13-18(2)5-8-19(24)3/h5-10,13-16,32H,11-12H2,1-4H3. The Bertz CT molecular complexity index is 1600. The molecule has 0 saturated heterocycles. The van der Waals surface area contributed by atoms with Crippen molar-refractivity contribution in [3.8, 4) is 17.2 Å². The number of rotatable bonds is 8. The molecule has 2 aliphatic heterocycles. The van der Waals surface area contributed by atoms with Gasteiger partial charge in [0, 0.05) is 5.56 Å². The van der Waals surface area contributed by atoms with Gasteiger partial charge in [0.2, 0.25) is 5.17 Å². The zero-order valence-electron chi connectivity index (χ0n) is 22.4. The van der Waals surface area contributed by atoms with Crippen molar-refractivity contribution in [2.75, 3.05) is 20.3 Å². The van der Waals surface area contributed by atoms with Gasteiger partial charge >= 0.3 is 0 Å². The molecule has 2 heterocycles. The molecule has 1 N–H and O–H groups in total. The molecule has 1 amide bonds. The van der Waals surface area contributed by atoms with Gasteiger partial charge in [0.15, 0.2) is 17.3 Å². The molecule has 2 aliphatic rings. The molecule has 0 spiro atoms. The van der Waals surface area contributed by atoms with Crippen LogP contribution >= 0.6 is 23.4 Å². The number of nitrogens with one attached hydrogen (secondary N) is 1. The largest absolute Gasteiger partial charge is 0.493 e. The van der Waals surface area contributed by atoms with E-state index in [0.717, 1.165) is 28.0 Å². The molecule has 3 aromatic carbocycles. The molecule has 0 atom stereocenters. The van der Waals surface area contributed by atoms with Gasteiger partial charge in [-0.3, -0.25) is 10.2 Å². The number of aliphatic imine (C=N–C) groups is 1. The number of hydrazone groups is 1. The topological polar surface area (TPSA) is 96.6 Å². The fraction of sp³-hybridized carbons (Fsp3) is 0.200.